The lowest BCUT2D eigenvalue weighted by Crippen LogP contribution is -1.88. The van der Waals surface area contributed by atoms with Crippen LogP contribution in [0.5, 0.6) is 0 Å². The molecule has 78 valence electrons. The fraction of sp³-hybridized carbons (Fsp3) is 0.417. The Hall–Kier alpha value is -1.31. The van der Waals surface area contributed by atoms with Gasteiger partial charge in [0.05, 0.1) is 7.11 Å². The van der Waals surface area contributed by atoms with Gasteiger partial charge < -0.3 is 4.74 Å². The Morgan fingerprint density at radius 3 is 1.36 bits per heavy atom. The predicted octanol–water partition coefficient (Wildman–Crippen LogP) is 2.79. The van der Waals surface area contributed by atoms with Gasteiger partial charge in [-0.15, -0.1) is 0 Å². The molecule has 0 aliphatic carbocycles. The summed E-state index contributed by atoms with van der Waals surface area (Å²) in [5.74, 6) is -0.245. The first-order valence-corrected chi connectivity index (χ1v) is 4.55. The number of ether oxygens (including phenoxy) is 1. The standard InChI is InChI=1S/C9H12.C3H6O2/c1-7-4-8(2)6-9(3)5-7;1-3(4)5-2/h4-6H,1-3H3;1-2H3. The summed E-state index contributed by atoms with van der Waals surface area (Å²) in [6.45, 7) is 7.74. The molecule has 0 aliphatic rings. The normalized spacial score (nSPS) is 8.64. The molecular formula is C12H18O2. The lowest BCUT2D eigenvalue weighted by atomic mass is 10.1. The molecule has 0 saturated carbocycles. The van der Waals surface area contributed by atoms with Crippen LogP contribution in [0, 0.1) is 20.8 Å². The number of hydrogen-bond acceptors (Lipinski definition) is 2. The van der Waals surface area contributed by atoms with Crippen LogP contribution in [0.1, 0.15) is 23.6 Å². The Bertz CT molecular complexity index is 253. The number of benzene rings is 1. The molecule has 0 bridgehead atoms. The van der Waals surface area contributed by atoms with E-state index in [0.717, 1.165) is 0 Å². The fourth-order valence-corrected chi connectivity index (χ4v) is 1.20. The second-order valence-corrected chi connectivity index (χ2v) is 3.36. The van der Waals surface area contributed by atoms with Crippen LogP contribution in [0.2, 0.25) is 0 Å². The summed E-state index contributed by atoms with van der Waals surface area (Å²) in [6.07, 6.45) is 0. The van der Waals surface area contributed by atoms with Crippen molar-refractivity contribution in [3.8, 4) is 0 Å². The first kappa shape index (κ1) is 12.7. The van der Waals surface area contributed by atoms with E-state index in [9.17, 15) is 4.79 Å². The number of aryl methyl sites for hydroxylation is 3. The molecule has 2 heteroatoms. The van der Waals surface area contributed by atoms with Crippen molar-refractivity contribution in [3.05, 3.63) is 34.9 Å². The van der Waals surface area contributed by atoms with Gasteiger partial charge in [0.25, 0.3) is 0 Å². The molecule has 1 aromatic rings. The molecule has 0 N–H and O–H groups in total. The van der Waals surface area contributed by atoms with Crippen LogP contribution in [0.15, 0.2) is 18.2 Å². The molecule has 0 amide bonds. The van der Waals surface area contributed by atoms with Crippen molar-refractivity contribution in [2.24, 2.45) is 0 Å². The van der Waals surface area contributed by atoms with Crippen molar-refractivity contribution < 1.29 is 9.53 Å². The summed E-state index contributed by atoms with van der Waals surface area (Å²) in [5.41, 5.74) is 4.06. The number of carbonyl (C=O) groups excluding carboxylic acids is 1. The monoisotopic (exact) mass is 194 g/mol. The third kappa shape index (κ3) is 6.23. The Balaban J connectivity index is 0.000000292. The van der Waals surface area contributed by atoms with Crippen molar-refractivity contribution in [2.75, 3.05) is 7.11 Å². The first-order chi connectivity index (χ1) is 6.45. The highest BCUT2D eigenvalue weighted by molar-refractivity contribution is 5.65. The lowest BCUT2D eigenvalue weighted by molar-refractivity contribution is -0.137. The molecule has 0 atom stereocenters. The maximum absolute atomic E-state index is 9.59. The van der Waals surface area contributed by atoms with Gasteiger partial charge in [-0.1, -0.05) is 34.9 Å². The second kappa shape index (κ2) is 6.19. The van der Waals surface area contributed by atoms with Gasteiger partial charge in [0.15, 0.2) is 0 Å². The van der Waals surface area contributed by atoms with E-state index in [1.54, 1.807) is 0 Å². The minimum atomic E-state index is -0.245. The van der Waals surface area contributed by atoms with Gasteiger partial charge in [-0.25, -0.2) is 0 Å². The van der Waals surface area contributed by atoms with E-state index < -0.39 is 0 Å². The zero-order valence-corrected chi connectivity index (χ0v) is 9.55. The number of esters is 1. The van der Waals surface area contributed by atoms with Gasteiger partial charge in [0.2, 0.25) is 0 Å². The highest BCUT2D eigenvalue weighted by atomic mass is 16.5. The van der Waals surface area contributed by atoms with Crippen LogP contribution in [-0.4, -0.2) is 13.1 Å². The van der Waals surface area contributed by atoms with E-state index in [2.05, 4.69) is 43.7 Å². The molecule has 14 heavy (non-hydrogen) atoms. The average Bonchev–Trinajstić information content (AvgIpc) is 2.02. The van der Waals surface area contributed by atoms with E-state index in [-0.39, 0.29) is 5.97 Å². The third-order valence-corrected chi connectivity index (χ3v) is 1.65. The number of hydrogen-bond donors (Lipinski definition) is 0. The molecule has 0 saturated heterocycles. The van der Waals surface area contributed by atoms with Gasteiger partial charge in [-0.2, -0.15) is 0 Å². The molecular weight excluding hydrogens is 176 g/mol. The summed E-state index contributed by atoms with van der Waals surface area (Å²) in [5, 5.41) is 0. The number of carbonyl (C=O) groups is 1. The largest absolute Gasteiger partial charge is 0.469 e. The first-order valence-electron chi connectivity index (χ1n) is 4.55. The zero-order valence-electron chi connectivity index (χ0n) is 9.55. The summed E-state index contributed by atoms with van der Waals surface area (Å²) in [4.78, 5) is 9.59. The van der Waals surface area contributed by atoms with Crippen molar-refractivity contribution in [1.82, 2.24) is 0 Å². The highest BCUT2D eigenvalue weighted by Crippen LogP contribution is 2.06. The summed E-state index contributed by atoms with van der Waals surface area (Å²) >= 11 is 0. The minimum Gasteiger partial charge on any atom is -0.469 e. The Labute approximate surface area is 85.9 Å². The van der Waals surface area contributed by atoms with Gasteiger partial charge >= 0.3 is 5.97 Å². The zero-order chi connectivity index (χ0) is 11.1. The summed E-state index contributed by atoms with van der Waals surface area (Å²) in [7, 11) is 1.35. The minimum absolute atomic E-state index is 0.245. The van der Waals surface area contributed by atoms with E-state index in [0.29, 0.717) is 0 Å². The molecule has 0 heterocycles. The summed E-state index contributed by atoms with van der Waals surface area (Å²) in [6, 6.07) is 6.56. The van der Waals surface area contributed by atoms with Crippen molar-refractivity contribution in [3.63, 3.8) is 0 Å². The molecule has 1 rings (SSSR count). The topological polar surface area (TPSA) is 26.3 Å². The van der Waals surface area contributed by atoms with Crippen molar-refractivity contribution >= 4 is 5.97 Å². The van der Waals surface area contributed by atoms with Gasteiger partial charge in [-0.3, -0.25) is 4.79 Å². The molecule has 0 spiro atoms. The maximum atomic E-state index is 9.59. The van der Waals surface area contributed by atoms with Crippen LogP contribution >= 0.6 is 0 Å². The Kier molecular flexibility index (Phi) is 5.61. The molecule has 0 unspecified atom stereocenters. The van der Waals surface area contributed by atoms with E-state index in [1.165, 1.54) is 30.7 Å². The molecule has 0 radical (unpaired) electrons. The Morgan fingerprint density at radius 2 is 1.21 bits per heavy atom. The van der Waals surface area contributed by atoms with Crippen LogP contribution in [0.3, 0.4) is 0 Å². The van der Waals surface area contributed by atoms with Crippen molar-refractivity contribution in [2.45, 2.75) is 27.7 Å². The second-order valence-electron chi connectivity index (χ2n) is 3.36. The van der Waals surface area contributed by atoms with Crippen LogP contribution in [0.4, 0.5) is 0 Å². The van der Waals surface area contributed by atoms with Gasteiger partial charge in [0, 0.05) is 6.92 Å². The van der Waals surface area contributed by atoms with Gasteiger partial charge in [-0.05, 0) is 20.8 Å². The molecule has 1 aromatic carbocycles. The van der Waals surface area contributed by atoms with Crippen molar-refractivity contribution in [1.29, 1.82) is 0 Å². The predicted molar refractivity (Wildman–Crippen MR) is 58.3 cm³/mol. The average molecular weight is 194 g/mol. The van der Waals surface area contributed by atoms with Crippen LogP contribution in [0.25, 0.3) is 0 Å². The highest BCUT2D eigenvalue weighted by Gasteiger charge is 1.87. The molecule has 0 aliphatic heterocycles. The van der Waals surface area contributed by atoms with E-state index in [1.807, 2.05) is 0 Å². The van der Waals surface area contributed by atoms with Crippen LogP contribution < -0.4 is 0 Å². The smallest absolute Gasteiger partial charge is 0.302 e. The maximum Gasteiger partial charge on any atom is 0.302 e. The number of rotatable bonds is 0. The molecule has 0 fully saturated rings. The van der Waals surface area contributed by atoms with E-state index >= 15 is 0 Å². The summed E-state index contributed by atoms with van der Waals surface area (Å²) < 4.78 is 4.11. The van der Waals surface area contributed by atoms with Gasteiger partial charge in [0.1, 0.15) is 0 Å². The van der Waals surface area contributed by atoms with Crippen LogP contribution in [-0.2, 0) is 9.53 Å². The quantitative estimate of drug-likeness (QED) is 0.594. The van der Waals surface area contributed by atoms with E-state index in [4.69, 9.17) is 0 Å². The lowest BCUT2D eigenvalue weighted by Gasteiger charge is -1.96. The Morgan fingerprint density at radius 1 is 1.00 bits per heavy atom. The number of methoxy groups -OCH3 is 1. The fourth-order valence-electron chi connectivity index (χ4n) is 1.20. The molecule has 0 aromatic heterocycles. The molecule has 2 nitrogen and oxygen atoms in total. The third-order valence-electron chi connectivity index (χ3n) is 1.65. The SMILES string of the molecule is COC(C)=O.Cc1cc(C)cc(C)c1.